The third kappa shape index (κ3) is 4.65. The molecule has 0 saturated carbocycles. The topological polar surface area (TPSA) is 122 Å². The lowest BCUT2D eigenvalue weighted by Gasteiger charge is -2.43. The van der Waals surface area contributed by atoms with Crippen molar-refractivity contribution in [3.63, 3.8) is 0 Å². The van der Waals surface area contributed by atoms with Crippen LogP contribution in [0.4, 0.5) is 10.5 Å². The number of aliphatic hydroxyl groups is 1. The number of aromatic nitrogens is 2. The molecule has 10 heteroatoms. The van der Waals surface area contributed by atoms with Crippen LogP contribution in [0.15, 0.2) is 42.6 Å². The number of halogens is 1. The molecule has 1 saturated heterocycles. The number of benzene rings is 2. The Hall–Kier alpha value is -3.17. The van der Waals surface area contributed by atoms with Gasteiger partial charge in [-0.05, 0) is 48.4 Å². The predicted octanol–water partition coefficient (Wildman–Crippen LogP) is 5.10. The number of piperidine rings is 1. The minimum atomic E-state index is -0.775. The fourth-order valence-corrected chi connectivity index (χ4v) is 4.73. The average molecular weight is 473 g/mol. The fourth-order valence-electron chi connectivity index (χ4n) is 4.49. The number of nitrogens with zero attached hydrogens (tertiary/aromatic N) is 3. The standard InChI is InChI=1S/C23H25ClN4O5/c1-23(2,21(29)19-12-16(24)11-14-13-25-26-20(14)19)15-7-9-27(10-8-15)22(30)33-18-5-3-17(4-6-18)28(31)32/h3-6,11-13,15,21,29H,7-10H2,1-2H3,(H,25,26). The van der Waals surface area contributed by atoms with E-state index in [0.717, 1.165) is 10.9 Å². The lowest BCUT2D eigenvalue weighted by molar-refractivity contribution is -0.384. The van der Waals surface area contributed by atoms with E-state index in [9.17, 15) is 20.0 Å². The number of aliphatic hydroxyl groups excluding tert-OH is 1. The van der Waals surface area contributed by atoms with E-state index >= 15 is 0 Å². The van der Waals surface area contributed by atoms with Gasteiger partial charge >= 0.3 is 6.09 Å². The highest BCUT2D eigenvalue weighted by Crippen LogP contribution is 2.46. The SMILES string of the molecule is CC(C)(C1CCN(C(=O)Oc2ccc([N+](=O)[O-])cc2)CC1)C(O)c1cc(Cl)cc2cn[nH]c12. The van der Waals surface area contributed by atoms with Crippen LogP contribution in [0.3, 0.4) is 0 Å². The molecular formula is C23H25ClN4O5. The first-order chi connectivity index (χ1) is 15.7. The van der Waals surface area contributed by atoms with Crippen molar-refractivity contribution in [3.05, 3.63) is 63.3 Å². The van der Waals surface area contributed by atoms with Crippen molar-refractivity contribution in [3.8, 4) is 5.75 Å². The molecule has 1 fully saturated rings. The number of hydrogen-bond acceptors (Lipinski definition) is 6. The lowest BCUT2D eigenvalue weighted by atomic mass is 9.68. The average Bonchev–Trinajstić information content (AvgIpc) is 3.26. The zero-order valence-corrected chi connectivity index (χ0v) is 19.1. The summed E-state index contributed by atoms with van der Waals surface area (Å²) >= 11 is 6.26. The molecule has 1 aliphatic rings. The fraction of sp³-hybridized carbons (Fsp3) is 0.391. The molecule has 4 rings (SSSR count). The highest BCUT2D eigenvalue weighted by molar-refractivity contribution is 6.31. The maximum absolute atomic E-state index is 12.5. The highest BCUT2D eigenvalue weighted by Gasteiger charge is 2.40. The number of rotatable bonds is 5. The molecule has 0 bridgehead atoms. The van der Waals surface area contributed by atoms with Crippen molar-refractivity contribution in [2.75, 3.05) is 13.1 Å². The summed E-state index contributed by atoms with van der Waals surface area (Å²) in [7, 11) is 0. The molecule has 0 radical (unpaired) electrons. The number of hydrogen-bond donors (Lipinski definition) is 2. The van der Waals surface area contributed by atoms with E-state index < -0.39 is 22.5 Å². The van der Waals surface area contributed by atoms with E-state index in [4.69, 9.17) is 16.3 Å². The quantitative estimate of drug-likeness (QED) is 0.393. The Labute approximate surface area is 195 Å². The molecule has 0 aliphatic carbocycles. The van der Waals surface area contributed by atoms with E-state index in [-0.39, 0.29) is 17.4 Å². The van der Waals surface area contributed by atoms with Gasteiger partial charge in [-0.2, -0.15) is 5.10 Å². The Morgan fingerprint density at radius 1 is 1.30 bits per heavy atom. The predicted molar refractivity (Wildman–Crippen MR) is 123 cm³/mol. The number of nitro benzene ring substituents is 1. The molecule has 1 amide bonds. The zero-order valence-electron chi connectivity index (χ0n) is 18.3. The molecule has 2 aromatic carbocycles. The van der Waals surface area contributed by atoms with Gasteiger partial charge in [0.15, 0.2) is 0 Å². The van der Waals surface area contributed by atoms with E-state index in [1.165, 1.54) is 24.3 Å². The van der Waals surface area contributed by atoms with Crippen molar-refractivity contribution < 1.29 is 19.6 Å². The first-order valence-corrected chi connectivity index (χ1v) is 11.1. The number of likely N-dealkylation sites (tertiary alicyclic amines) is 1. The van der Waals surface area contributed by atoms with Gasteiger partial charge in [-0.1, -0.05) is 25.4 Å². The van der Waals surface area contributed by atoms with Crippen LogP contribution < -0.4 is 4.74 Å². The smallest absolute Gasteiger partial charge is 0.410 e. The Bertz CT molecular complexity index is 1170. The van der Waals surface area contributed by atoms with Crippen molar-refractivity contribution in [1.82, 2.24) is 15.1 Å². The lowest BCUT2D eigenvalue weighted by Crippen LogP contribution is -2.44. The molecule has 2 heterocycles. The molecule has 33 heavy (non-hydrogen) atoms. The summed E-state index contributed by atoms with van der Waals surface area (Å²) in [5.74, 6) is 0.417. The van der Waals surface area contributed by atoms with Crippen LogP contribution >= 0.6 is 11.6 Å². The Morgan fingerprint density at radius 3 is 2.61 bits per heavy atom. The Balaban J connectivity index is 1.40. The van der Waals surface area contributed by atoms with E-state index in [0.29, 0.717) is 36.5 Å². The second-order valence-corrected chi connectivity index (χ2v) is 9.37. The summed E-state index contributed by atoms with van der Waals surface area (Å²) in [5, 5.41) is 30.5. The third-order valence-corrected chi connectivity index (χ3v) is 6.82. The first kappa shape index (κ1) is 23.0. The van der Waals surface area contributed by atoms with E-state index in [1.54, 1.807) is 23.2 Å². The van der Waals surface area contributed by atoms with Gasteiger partial charge in [0, 0.05) is 41.2 Å². The number of H-pyrrole nitrogens is 1. The third-order valence-electron chi connectivity index (χ3n) is 6.60. The maximum atomic E-state index is 12.5. The summed E-state index contributed by atoms with van der Waals surface area (Å²) in [4.78, 5) is 24.4. The monoisotopic (exact) mass is 472 g/mol. The number of fused-ring (bicyclic) bond motifs is 1. The van der Waals surface area contributed by atoms with Gasteiger partial charge in [0.05, 0.1) is 22.7 Å². The molecule has 3 aromatic rings. The van der Waals surface area contributed by atoms with Gasteiger partial charge in [0.2, 0.25) is 0 Å². The summed E-state index contributed by atoms with van der Waals surface area (Å²) in [5.41, 5.74) is 0.935. The van der Waals surface area contributed by atoms with Crippen LogP contribution in [-0.4, -0.2) is 44.3 Å². The Morgan fingerprint density at radius 2 is 1.97 bits per heavy atom. The van der Waals surface area contributed by atoms with Crippen LogP contribution in [0, 0.1) is 21.4 Å². The highest BCUT2D eigenvalue weighted by atomic mass is 35.5. The number of amides is 1. The van der Waals surface area contributed by atoms with Crippen molar-refractivity contribution >= 4 is 34.3 Å². The largest absolute Gasteiger partial charge is 0.415 e. The zero-order chi connectivity index (χ0) is 23.8. The van der Waals surface area contributed by atoms with Crippen molar-refractivity contribution in [1.29, 1.82) is 0 Å². The van der Waals surface area contributed by atoms with E-state index in [1.807, 2.05) is 13.8 Å². The molecule has 1 aromatic heterocycles. The second-order valence-electron chi connectivity index (χ2n) is 8.93. The minimum absolute atomic E-state index is 0.0662. The van der Waals surface area contributed by atoms with Crippen LogP contribution in [0.1, 0.15) is 38.4 Å². The van der Waals surface area contributed by atoms with Crippen molar-refractivity contribution in [2.24, 2.45) is 11.3 Å². The summed E-state index contributed by atoms with van der Waals surface area (Å²) in [6, 6.07) is 8.98. The number of ether oxygens (including phenoxy) is 1. The normalized spacial score (nSPS) is 16.1. The number of nitro groups is 1. The van der Waals surface area contributed by atoms with Crippen molar-refractivity contribution in [2.45, 2.75) is 32.8 Å². The molecule has 1 atom stereocenters. The molecular weight excluding hydrogens is 448 g/mol. The van der Waals surface area contributed by atoms with Crippen LogP contribution in [0.25, 0.3) is 10.9 Å². The first-order valence-electron chi connectivity index (χ1n) is 10.7. The molecule has 2 N–H and O–H groups in total. The van der Waals surface area contributed by atoms with Gasteiger partial charge in [-0.3, -0.25) is 15.2 Å². The van der Waals surface area contributed by atoms with Gasteiger partial charge in [0.1, 0.15) is 5.75 Å². The number of nitrogens with one attached hydrogen (secondary N) is 1. The minimum Gasteiger partial charge on any atom is -0.410 e. The van der Waals surface area contributed by atoms with Gasteiger partial charge < -0.3 is 14.7 Å². The van der Waals surface area contributed by atoms with Gasteiger partial charge in [-0.25, -0.2) is 4.79 Å². The van der Waals surface area contributed by atoms with Gasteiger partial charge in [0.25, 0.3) is 5.69 Å². The summed E-state index contributed by atoms with van der Waals surface area (Å²) < 4.78 is 5.37. The van der Waals surface area contributed by atoms with Crippen LogP contribution in [0.5, 0.6) is 5.75 Å². The van der Waals surface area contributed by atoms with Crippen LogP contribution in [0.2, 0.25) is 5.02 Å². The van der Waals surface area contributed by atoms with Crippen LogP contribution in [-0.2, 0) is 0 Å². The number of carbonyl (C=O) groups excluding carboxylic acids is 1. The maximum Gasteiger partial charge on any atom is 0.415 e. The molecule has 1 unspecified atom stereocenters. The number of carbonyl (C=O) groups is 1. The number of non-ortho nitro benzene ring substituents is 1. The van der Waals surface area contributed by atoms with Gasteiger partial charge in [-0.15, -0.1) is 0 Å². The second kappa shape index (κ2) is 8.99. The summed E-state index contributed by atoms with van der Waals surface area (Å²) in [6.07, 6.45) is 1.81. The van der Waals surface area contributed by atoms with E-state index in [2.05, 4.69) is 10.2 Å². The Kier molecular flexibility index (Phi) is 6.27. The molecule has 1 aliphatic heterocycles. The molecule has 0 spiro atoms. The molecule has 174 valence electrons. The number of aromatic amines is 1. The molecule has 9 nitrogen and oxygen atoms in total. The summed E-state index contributed by atoms with van der Waals surface area (Å²) in [6.45, 7) is 5.02.